The van der Waals surface area contributed by atoms with Crippen LogP contribution in [-0.4, -0.2) is 17.5 Å². The average Bonchev–Trinajstić information content (AvgIpc) is 2.85. The maximum absolute atomic E-state index is 13.8. The maximum Gasteiger partial charge on any atom is 0.335 e. The number of halogens is 1. The van der Waals surface area contributed by atoms with Gasteiger partial charge in [0.2, 0.25) is 6.41 Å². The van der Waals surface area contributed by atoms with Gasteiger partial charge in [-0.3, -0.25) is 9.69 Å². The van der Waals surface area contributed by atoms with Crippen LogP contribution in [0.3, 0.4) is 0 Å². The maximum atomic E-state index is 13.8. The summed E-state index contributed by atoms with van der Waals surface area (Å²) in [5, 5.41) is 11.1. The number of benzene rings is 1. The lowest BCUT2D eigenvalue weighted by Gasteiger charge is -2.16. The second-order valence-electron chi connectivity index (χ2n) is 3.40. The van der Waals surface area contributed by atoms with E-state index in [1.54, 1.807) is 17.5 Å². The molecule has 18 heavy (non-hydrogen) atoms. The van der Waals surface area contributed by atoms with Crippen LogP contribution in [0.5, 0.6) is 0 Å². The summed E-state index contributed by atoms with van der Waals surface area (Å²) in [7, 11) is 0. The molecule has 4 nitrogen and oxygen atoms in total. The molecule has 0 saturated heterocycles. The first-order valence-electron chi connectivity index (χ1n) is 4.94. The molecule has 0 fully saturated rings. The normalized spacial score (nSPS) is 10.1. The lowest BCUT2D eigenvalue weighted by Crippen LogP contribution is -2.14. The number of hydrogen-bond donors (Lipinski definition) is 1. The van der Waals surface area contributed by atoms with Crippen LogP contribution in [0.2, 0.25) is 0 Å². The lowest BCUT2D eigenvalue weighted by atomic mass is 10.2. The summed E-state index contributed by atoms with van der Waals surface area (Å²) in [6.45, 7) is 0. The lowest BCUT2D eigenvalue weighted by molar-refractivity contribution is -0.106. The van der Waals surface area contributed by atoms with Crippen LogP contribution < -0.4 is 4.90 Å². The molecule has 0 saturated carbocycles. The van der Waals surface area contributed by atoms with E-state index in [0.717, 1.165) is 11.0 Å². The minimum absolute atomic E-state index is 0.0254. The second kappa shape index (κ2) is 4.97. The van der Waals surface area contributed by atoms with E-state index in [2.05, 4.69) is 0 Å². The number of carboxylic acids is 1. The number of rotatable bonds is 4. The number of carbonyl (C=O) groups excluding carboxylic acids is 1. The number of aromatic carboxylic acids is 1. The summed E-state index contributed by atoms with van der Waals surface area (Å²) >= 11 is 1.28. The molecule has 1 N–H and O–H groups in total. The van der Waals surface area contributed by atoms with Crippen molar-refractivity contribution in [3.63, 3.8) is 0 Å². The zero-order chi connectivity index (χ0) is 13.1. The predicted molar refractivity (Wildman–Crippen MR) is 65.9 cm³/mol. The topological polar surface area (TPSA) is 57.6 Å². The first kappa shape index (κ1) is 12.3. The molecule has 0 bridgehead atoms. The number of nitrogens with zero attached hydrogens (tertiary/aromatic N) is 1. The van der Waals surface area contributed by atoms with Crippen LogP contribution >= 0.6 is 11.3 Å². The van der Waals surface area contributed by atoms with Gasteiger partial charge in [0.15, 0.2) is 0 Å². The molecule has 2 aromatic rings. The first-order valence-corrected chi connectivity index (χ1v) is 5.82. The highest BCUT2D eigenvalue weighted by atomic mass is 32.1. The van der Waals surface area contributed by atoms with E-state index in [0.29, 0.717) is 11.4 Å². The largest absolute Gasteiger partial charge is 0.478 e. The summed E-state index contributed by atoms with van der Waals surface area (Å²) in [6, 6.07) is 6.82. The van der Waals surface area contributed by atoms with Gasteiger partial charge in [-0.25, -0.2) is 9.18 Å². The second-order valence-corrected chi connectivity index (χ2v) is 4.32. The molecule has 0 atom stereocenters. The van der Waals surface area contributed by atoms with Crippen LogP contribution in [0.4, 0.5) is 15.1 Å². The molecule has 0 aliphatic carbocycles. The summed E-state index contributed by atoms with van der Waals surface area (Å²) in [6.07, 6.45) is 0.491. The highest BCUT2D eigenvalue weighted by molar-refractivity contribution is 7.14. The Labute approximate surface area is 106 Å². The van der Waals surface area contributed by atoms with Crippen molar-refractivity contribution in [2.24, 2.45) is 0 Å². The van der Waals surface area contributed by atoms with Gasteiger partial charge >= 0.3 is 5.97 Å². The van der Waals surface area contributed by atoms with Gasteiger partial charge < -0.3 is 5.11 Å². The summed E-state index contributed by atoms with van der Waals surface area (Å²) in [5.41, 5.74) is -0.134. The molecular formula is C12H8FNO3S. The van der Waals surface area contributed by atoms with Gasteiger partial charge in [0.25, 0.3) is 0 Å². The zero-order valence-corrected chi connectivity index (χ0v) is 9.86. The van der Waals surface area contributed by atoms with Crippen LogP contribution in [0.15, 0.2) is 35.7 Å². The fourth-order valence-electron chi connectivity index (χ4n) is 1.47. The zero-order valence-electron chi connectivity index (χ0n) is 9.04. The van der Waals surface area contributed by atoms with Crippen LogP contribution in [0.1, 0.15) is 10.4 Å². The monoisotopic (exact) mass is 265 g/mol. The van der Waals surface area contributed by atoms with Crippen molar-refractivity contribution in [3.05, 3.63) is 47.1 Å². The number of thiophene rings is 1. The summed E-state index contributed by atoms with van der Waals surface area (Å²) in [4.78, 5) is 22.8. The quantitative estimate of drug-likeness (QED) is 0.865. The smallest absolute Gasteiger partial charge is 0.335 e. The molecule has 1 heterocycles. The van der Waals surface area contributed by atoms with Crippen LogP contribution in [-0.2, 0) is 4.79 Å². The van der Waals surface area contributed by atoms with E-state index in [4.69, 9.17) is 5.11 Å². The number of amides is 1. The molecule has 1 aromatic carbocycles. The van der Waals surface area contributed by atoms with E-state index >= 15 is 0 Å². The molecule has 0 spiro atoms. The Morgan fingerprint density at radius 3 is 2.67 bits per heavy atom. The van der Waals surface area contributed by atoms with Gasteiger partial charge in [0.1, 0.15) is 10.8 Å². The van der Waals surface area contributed by atoms with E-state index in [1.807, 2.05) is 0 Å². The van der Waals surface area contributed by atoms with Crippen molar-refractivity contribution in [2.45, 2.75) is 0 Å². The SMILES string of the molecule is O=CN(c1cccs1)c1ccc(C(=O)O)cc1F. The molecule has 0 aliphatic heterocycles. The Hall–Kier alpha value is -2.21. The van der Waals surface area contributed by atoms with Crippen LogP contribution in [0, 0.1) is 5.82 Å². The molecule has 0 radical (unpaired) electrons. The van der Waals surface area contributed by atoms with E-state index < -0.39 is 11.8 Å². The molecule has 0 aliphatic rings. The minimum atomic E-state index is -1.21. The number of carbonyl (C=O) groups is 2. The molecule has 1 amide bonds. The van der Waals surface area contributed by atoms with Crippen molar-refractivity contribution in [1.82, 2.24) is 0 Å². The third-order valence-electron chi connectivity index (χ3n) is 2.30. The predicted octanol–water partition coefficient (Wildman–Crippen LogP) is 2.88. The Morgan fingerprint density at radius 2 is 2.17 bits per heavy atom. The highest BCUT2D eigenvalue weighted by Crippen LogP contribution is 2.30. The van der Waals surface area contributed by atoms with Crippen molar-refractivity contribution >= 4 is 34.4 Å². The highest BCUT2D eigenvalue weighted by Gasteiger charge is 2.15. The molecule has 92 valence electrons. The third kappa shape index (κ3) is 2.23. The molecule has 1 aromatic heterocycles. The number of hydrogen-bond acceptors (Lipinski definition) is 3. The molecular weight excluding hydrogens is 257 g/mol. The Morgan fingerprint density at radius 1 is 1.39 bits per heavy atom. The fraction of sp³-hybridized carbons (Fsp3) is 0. The van der Waals surface area contributed by atoms with Gasteiger partial charge in [-0.1, -0.05) is 0 Å². The summed E-state index contributed by atoms with van der Waals surface area (Å²) < 4.78 is 13.8. The van der Waals surface area contributed by atoms with Crippen molar-refractivity contribution < 1.29 is 19.1 Å². The van der Waals surface area contributed by atoms with Crippen molar-refractivity contribution in [1.29, 1.82) is 0 Å². The average molecular weight is 265 g/mol. The van der Waals surface area contributed by atoms with Crippen LogP contribution in [0.25, 0.3) is 0 Å². The van der Waals surface area contributed by atoms with Gasteiger partial charge in [-0.2, -0.15) is 0 Å². The first-order chi connectivity index (χ1) is 8.63. The van der Waals surface area contributed by atoms with Gasteiger partial charge in [-0.05, 0) is 35.7 Å². The molecule has 0 unspecified atom stereocenters. The molecule has 6 heteroatoms. The van der Waals surface area contributed by atoms with Crippen molar-refractivity contribution in [3.8, 4) is 0 Å². The number of anilines is 2. The Bertz CT molecular complexity index is 583. The third-order valence-corrected chi connectivity index (χ3v) is 3.17. The standard InChI is InChI=1S/C12H8FNO3S/c13-9-6-8(12(16)17)3-4-10(9)14(7-15)11-2-1-5-18-11/h1-7H,(H,16,17). The Kier molecular flexibility index (Phi) is 3.38. The minimum Gasteiger partial charge on any atom is -0.478 e. The van der Waals surface area contributed by atoms with E-state index in [1.165, 1.54) is 23.5 Å². The van der Waals surface area contributed by atoms with E-state index in [9.17, 15) is 14.0 Å². The van der Waals surface area contributed by atoms with E-state index in [-0.39, 0.29) is 11.3 Å². The molecule has 2 rings (SSSR count). The van der Waals surface area contributed by atoms with Crippen molar-refractivity contribution in [2.75, 3.05) is 4.90 Å². The summed E-state index contributed by atoms with van der Waals surface area (Å²) in [5.74, 6) is -1.97. The number of carboxylic acid groups (broad SMARTS) is 1. The van der Waals surface area contributed by atoms with Gasteiger partial charge in [0.05, 0.1) is 11.3 Å². The fourth-order valence-corrected chi connectivity index (χ4v) is 2.18. The van der Waals surface area contributed by atoms with Gasteiger partial charge in [-0.15, -0.1) is 11.3 Å². The van der Waals surface area contributed by atoms with Gasteiger partial charge in [0, 0.05) is 0 Å². The Balaban J connectivity index is 2.44.